The summed E-state index contributed by atoms with van der Waals surface area (Å²) >= 11 is 1.36. The largest absolute Gasteiger partial charge is 0.444 e. The molecule has 0 aromatic carbocycles. The molecule has 1 unspecified atom stereocenters. The number of hydrogen-bond acceptors (Lipinski definition) is 6. The first-order chi connectivity index (χ1) is 9.44. The van der Waals surface area contributed by atoms with Gasteiger partial charge in [-0.15, -0.1) is 5.10 Å². The van der Waals surface area contributed by atoms with Gasteiger partial charge in [0.2, 0.25) is 0 Å². The van der Waals surface area contributed by atoms with E-state index in [1.165, 1.54) is 11.5 Å². The molecule has 0 saturated carbocycles. The monoisotopic (exact) mass is 298 g/mol. The molecule has 2 rings (SSSR count). The smallest absolute Gasteiger partial charge is 0.410 e. The predicted molar refractivity (Wildman–Crippen MR) is 77.5 cm³/mol. The SMILES string of the molecule is CC(C)(C)OC(=O)N1CCC(CNCc2csnn2)C1. The Morgan fingerprint density at radius 2 is 2.40 bits per heavy atom. The number of likely N-dealkylation sites (tertiary alicyclic amines) is 1. The molecule has 1 saturated heterocycles. The van der Waals surface area contributed by atoms with Gasteiger partial charge in [-0.1, -0.05) is 4.49 Å². The van der Waals surface area contributed by atoms with Crippen LogP contribution in [0.2, 0.25) is 0 Å². The molecule has 0 bridgehead atoms. The summed E-state index contributed by atoms with van der Waals surface area (Å²) in [5.74, 6) is 0.481. The van der Waals surface area contributed by atoms with Crippen LogP contribution < -0.4 is 5.32 Å². The standard InChI is InChI=1S/C13H22N4O2S/c1-13(2,3)19-12(18)17-5-4-10(8-17)6-14-7-11-9-20-16-15-11/h9-10,14H,4-8H2,1-3H3. The fourth-order valence-electron chi connectivity index (χ4n) is 2.16. The van der Waals surface area contributed by atoms with Crippen LogP contribution >= 0.6 is 11.5 Å². The molecule has 2 heterocycles. The highest BCUT2D eigenvalue weighted by atomic mass is 32.1. The summed E-state index contributed by atoms with van der Waals surface area (Å²) < 4.78 is 9.21. The van der Waals surface area contributed by atoms with E-state index in [0.29, 0.717) is 5.92 Å². The number of carbonyl (C=O) groups is 1. The van der Waals surface area contributed by atoms with Gasteiger partial charge < -0.3 is 15.0 Å². The van der Waals surface area contributed by atoms with Gasteiger partial charge in [0.15, 0.2) is 0 Å². The van der Waals surface area contributed by atoms with Crippen LogP contribution in [-0.4, -0.2) is 45.8 Å². The Morgan fingerprint density at radius 3 is 3.05 bits per heavy atom. The number of nitrogens with zero attached hydrogens (tertiary/aromatic N) is 3. The number of ether oxygens (including phenoxy) is 1. The molecule has 112 valence electrons. The average molecular weight is 298 g/mol. The Balaban J connectivity index is 1.68. The molecule has 0 aliphatic carbocycles. The Kier molecular flexibility index (Phi) is 4.93. The molecule has 1 aliphatic heterocycles. The zero-order valence-electron chi connectivity index (χ0n) is 12.3. The molecule has 6 nitrogen and oxygen atoms in total. The first-order valence-corrected chi connectivity index (χ1v) is 7.72. The molecule has 0 radical (unpaired) electrons. The lowest BCUT2D eigenvalue weighted by Crippen LogP contribution is -2.36. The second kappa shape index (κ2) is 6.49. The summed E-state index contributed by atoms with van der Waals surface area (Å²) in [4.78, 5) is 13.7. The number of nitrogens with one attached hydrogen (secondary N) is 1. The fraction of sp³-hybridized carbons (Fsp3) is 0.769. The van der Waals surface area contributed by atoms with Gasteiger partial charge in [-0.2, -0.15) is 0 Å². The third-order valence-corrected chi connectivity index (χ3v) is 3.64. The first-order valence-electron chi connectivity index (χ1n) is 6.88. The molecular weight excluding hydrogens is 276 g/mol. The lowest BCUT2D eigenvalue weighted by Gasteiger charge is -2.24. The predicted octanol–water partition coefficient (Wildman–Crippen LogP) is 1.88. The molecule has 1 N–H and O–H groups in total. The van der Waals surface area contributed by atoms with E-state index in [-0.39, 0.29) is 6.09 Å². The maximum absolute atomic E-state index is 11.9. The minimum Gasteiger partial charge on any atom is -0.444 e. The third kappa shape index (κ3) is 4.72. The van der Waals surface area contributed by atoms with Crippen LogP contribution in [0.4, 0.5) is 4.79 Å². The fourth-order valence-corrected chi connectivity index (χ4v) is 2.61. The lowest BCUT2D eigenvalue weighted by molar-refractivity contribution is 0.0288. The van der Waals surface area contributed by atoms with Gasteiger partial charge in [-0.3, -0.25) is 0 Å². The molecule has 1 aromatic heterocycles. The van der Waals surface area contributed by atoms with Gasteiger partial charge in [0.05, 0.1) is 5.69 Å². The summed E-state index contributed by atoms with van der Waals surface area (Å²) in [6, 6.07) is 0. The van der Waals surface area contributed by atoms with Crippen molar-refractivity contribution in [1.29, 1.82) is 0 Å². The molecule has 1 aliphatic rings. The number of aromatic nitrogens is 2. The zero-order chi connectivity index (χ0) is 14.6. The summed E-state index contributed by atoms with van der Waals surface area (Å²) in [5, 5.41) is 9.29. The van der Waals surface area contributed by atoms with Gasteiger partial charge in [-0.25, -0.2) is 4.79 Å². The van der Waals surface area contributed by atoms with Crippen molar-refractivity contribution in [1.82, 2.24) is 19.8 Å². The van der Waals surface area contributed by atoms with Gasteiger partial charge >= 0.3 is 6.09 Å². The Hall–Kier alpha value is -1.21. The molecule has 1 amide bonds. The lowest BCUT2D eigenvalue weighted by atomic mass is 10.1. The molecular formula is C13H22N4O2S. The topological polar surface area (TPSA) is 67.3 Å². The summed E-state index contributed by atoms with van der Waals surface area (Å²) in [7, 11) is 0. The van der Waals surface area contributed by atoms with E-state index in [0.717, 1.165) is 38.3 Å². The van der Waals surface area contributed by atoms with Crippen molar-refractivity contribution >= 4 is 17.6 Å². The summed E-state index contributed by atoms with van der Waals surface area (Å²) in [5.41, 5.74) is 0.544. The maximum atomic E-state index is 11.9. The van der Waals surface area contributed by atoms with Crippen molar-refractivity contribution in [3.8, 4) is 0 Å². The first kappa shape index (κ1) is 15.2. The Labute approximate surface area is 123 Å². The molecule has 1 atom stereocenters. The van der Waals surface area contributed by atoms with Crippen molar-refractivity contribution in [3.05, 3.63) is 11.1 Å². The van der Waals surface area contributed by atoms with Crippen molar-refractivity contribution in [2.75, 3.05) is 19.6 Å². The third-order valence-electron chi connectivity index (χ3n) is 3.08. The van der Waals surface area contributed by atoms with Gasteiger partial charge in [-0.05, 0) is 44.6 Å². The number of amides is 1. The van der Waals surface area contributed by atoms with Crippen molar-refractivity contribution in [2.45, 2.75) is 39.3 Å². The molecule has 1 fully saturated rings. The van der Waals surface area contributed by atoms with Crippen LogP contribution in [0.1, 0.15) is 32.9 Å². The van der Waals surface area contributed by atoms with Crippen LogP contribution in [0.25, 0.3) is 0 Å². The van der Waals surface area contributed by atoms with Crippen LogP contribution in [0.15, 0.2) is 5.38 Å². The van der Waals surface area contributed by atoms with Crippen molar-refractivity contribution in [3.63, 3.8) is 0 Å². The van der Waals surface area contributed by atoms with Crippen molar-refractivity contribution < 1.29 is 9.53 Å². The Morgan fingerprint density at radius 1 is 1.60 bits per heavy atom. The highest BCUT2D eigenvalue weighted by molar-refractivity contribution is 7.03. The molecule has 7 heteroatoms. The van der Waals surface area contributed by atoms with Crippen LogP contribution in [0.5, 0.6) is 0 Å². The average Bonchev–Trinajstić information content (AvgIpc) is 2.97. The minimum absolute atomic E-state index is 0.205. The normalized spacial score (nSPS) is 19.4. The zero-order valence-corrected chi connectivity index (χ0v) is 13.1. The number of rotatable bonds is 4. The number of hydrogen-bond donors (Lipinski definition) is 1. The van der Waals surface area contributed by atoms with Crippen LogP contribution in [0.3, 0.4) is 0 Å². The van der Waals surface area contributed by atoms with E-state index >= 15 is 0 Å². The second-order valence-electron chi connectivity index (χ2n) is 6.11. The maximum Gasteiger partial charge on any atom is 0.410 e. The van der Waals surface area contributed by atoms with E-state index in [1.54, 1.807) is 4.90 Å². The Bertz CT molecular complexity index is 430. The molecule has 1 aromatic rings. The summed E-state index contributed by atoms with van der Waals surface area (Å²) in [6.45, 7) is 8.83. The van der Waals surface area contributed by atoms with E-state index in [9.17, 15) is 4.79 Å². The molecule has 0 spiro atoms. The van der Waals surface area contributed by atoms with E-state index in [4.69, 9.17) is 4.74 Å². The van der Waals surface area contributed by atoms with Crippen LogP contribution in [-0.2, 0) is 11.3 Å². The second-order valence-corrected chi connectivity index (χ2v) is 6.72. The van der Waals surface area contributed by atoms with Crippen molar-refractivity contribution in [2.24, 2.45) is 5.92 Å². The minimum atomic E-state index is -0.426. The van der Waals surface area contributed by atoms with Gasteiger partial charge in [0.25, 0.3) is 0 Å². The quantitative estimate of drug-likeness (QED) is 0.919. The van der Waals surface area contributed by atoms with Gasteiger partial charge in [0, 0.05) is 31.6 Å². The van der Waals surface area contributed by atoms with E-state index < -0.39 is 5.60 Å². The number of carbonyl (C=O) groups excluding carboxylic acids is 1. The van der Waals surface area contributed by atoms with E-state index in [2.05, 4.69) is 14.9 Å². The van der Waals surface area contributed by atoms with E-state index in [1.807, 2.05) is 26.2 Å². The van der Waals surface area contributed by atoms with Gasteiger partial charge in [0.1, 0.15) is 5.60 Å². The molecule has 20 heavy (non-hydrogen) atoms. The highest BCUT2D eigenvalue weighted by Crippen LogP contribution is 2.19. The van der Waals surface area contributed by atoms with Crippen LogP contribution in [0, 0.1) is 5.92 Å². The highest BCUT2D eigenvalue weighted by Gasteiger charge is 2.29. The summed E-state index contributed by atoms with van der Waals surface area (Å²) in [6.07, 6.45) is 0.811.